The fraction of sp³-hybridized carbons (Fsp3) is 0.500. The predicted octanol–water partition coefficient (Wildman–Crippen LogP) is 1.81. The second kappa shape index (κ2) is 4.71. The summed E-state index contributed by atoms with van der Waals surface area (Å²) < 4.78 is 6.84. The molecule has 92 valence electrons. The molecule has 5 nitrogen and oxygen atoms in total. The second-order valence-corrected chi connectivity index (χ2v) is 5.08. The van der Waals surface area contributed by atoms with Gasteiger partial charge in [0.05, 0.1) is 6.54 Å². The molecule has 0 saturated heterocycles. The summed E-state index contributed by atoms with van der Waals surface area (Å²) in [6.45, 7) is 7.93. The lowest BCUT2D eigenvalue weighted by Crippen LogP contribution is -2.35. The Balaban J connectivity index is 2.02. The number of nitrogens with zero attached hydrogens (tertiary/aromatic N) is 3. The van der Waals surface area contributed by atoms with Crippen molar-refractivity contribution in [2.45, 2.75) is 39.4 Å². The van der Waals surface area contributed by atoms with Crippen LogP contribution >= 0.6 is 0 Å². The molecule has 2 heterocycles. The van der Waals surface area contributed by atoms with E-state index in [2.05, 4.69) is 46.9 Å². The first kappa shape index (κ1) is 11.9. The maximum Gasteiger partial charge on any atom is 0.213 e. The normalized spacial score (nSPS) is 11.9. The standard InChI is InChI=1S/C12H18N4O/c1-12(2,3)14-7-10-5-4-6-16(10)8-11-13-9-17-15-11/h4-6,9,14H,7-8H2,1-3H3. The monoisotopic (exact) mass is 234 g/mol. The number of nitrogens with one attached hydrogen (secondary N) is 1. The smallest absolute Gasteiger partial charge is 0.213 e. The SMILES string of the molecule is CC(C)(C)NCc1cccn1Cc1ncon1. The molecule has 0 unspecified atom stereocenters. The van der Waals surface area contributed by atoms with Crippen LogP contribution in [0.3, 0.4) is 0 Å². The molecule has 0 spiro atoms. The average molecular weight is 234 g/mol. The van der Waals surface area contributed by atoms with Crippen molar-refractivity contribution in [3.8, 4) is 0 Å². The Morgan fingerprint density at radius 3 is 2.88 bits per heavy atom. The maximum atomic E-state index is 4.73. The van der Waals surface area contributed by atoms with Crippen molar-refractivity contribution < 1.29 is 4.52 Å². The van der Waals surface area contributed by atoms with Gasteiger partial charge >= 0.3 is 0 Å². The third-order valence-electron chi connectivity index (χ3n) is 2.44. The van der Waals surface area contributed by atoms with E-state index >= 15 is 0 Å². The molecule has 1 N–H and O–H groups in total. The quantitative estimate of drug-likeness (QED) is 0.876. The molecule has 0 aliphatic heterocycles. The summed E-state index contributed by atoms with van der Waals surface area (Å²) in [5.74, 6) is 0.693. The van der Waals surface area contributed by atoms with Gasteiger partial charge in [-0.3, -0.25) is 0 Å². The Hall–Kier alpha value is -1.62. The fourth-order valence-corrected chi connectivity index (χ4v) is 1.53. The molecule has 0 fully saturated rings. The Kier molecular flexibility index (Phi) is 3.28. The van der Waals surface area contributed by atoms with Crippen LogP contribution in [0, 0.1) is 0 Å². The first-order valence-electron chi connectivity index (χ1n) is 5.69. The van der Waals surface area contributed by atoms with Crippen LogP contribution < -0.4 is 5.32 Å². The minimum Gasteiger partial charge on any atom is -0.343 e. The van der Waals surface area contributed by atoms with Crippen molar-refractivity contribution in [1.82, 2.24) is 20.0 Å². The number of rotatable bonds is 4. The Labute approximate surface area is 101 Å². The summed E-state index contributed by atoms with van der Waals surface area (Å²) in [5.41, 5.74) is 1.33. The topological polar surface area (TPSA) is 55.9 Å². The van der Waals surface area contributed by atoms with Crippen LogP contribution in [0.5, 0.6) is 0 Å². The van der Waals surface area contributed by atoms with E-state index in [0.717, 1.165) is 6.54 Å². The van der Waals surface area contributed by atoms with Crippen LogP contribution in [0.2, 0.25) is 0 Å². The van der Waals surface area contributed by atoms with Crippen LogP contribution in [0.4, 0.5) is 0 Å². The summed E-state index contributed by atoms with van der Waals surface area (Å²) in [5, 5.41) is 7.27. The van der Waals surface area contributed by atoms with Crippen LogP contribution in [0.15, 0.2) is 29.2 Å². The van der Waals surface area contributed by atoms with E-state index in [-0.39, 0.29) is 5.54 Å². The zero-order valence-corrected chi connectivity index (χ0v) is 10.5. The lowest BCUT2D eigenvalue weighted by atomic mass is 10.1. The van der Waals surface area contributed by atoms with Crippen molar-refractivity contribution in [3.63, 3.8) is 0 Å². The summed E-state index contributed by atoms with van der Waals surface area (Å²) >= 11 is 0. The van der Waals surface area contributed by atoms with Crippen LogP contribution in [0.25, 0.3) is 0 Å². The van der Waals surface area contributed by atoms with E-state index in [1.807, 2.05) is 12.3 Å². The molecule has 0 aliphatic rings. The molecule has 0 aromatic carbocycles. The fourth-order valence-electron chi connectivity index (χ4n) is 1.53. The van der Waals surface area contributed by atoms with E-state index in [0.29, 0.717) is 12.4 Å². The van der Waals surface area contributed by atoms with Gasteiger partial charge in [0.2, 0.25) is 6.39 Å². The molecule has 0 radical (unpaired) electrons. The van der Waals surface area contributed by atoms with E-state index in [1.54, 1.807) is 0 Å². The lowest BCUT2D eigenvalue weighted by Gasteiger charge is -2.21. The highest BCUT2D eigenvalue weighted by Gasteiger charge is 2.10. The van der Waals surface area contributed by atoms with Crippen molar-refractivity contribution >= 4 is 0 Å². The molecule has 0 saturated carbocycles. The van der Waals surface area contributed by atoms with E-state index < -0.39 is 0 Å². The number of hydrogen-bond donors (Lipinski definition) is 1. The van der Waals surface area contributed by atoms with E-state index in [4.69, 9.17) is 4.52 Å². The largest absolute Gasteiger partial charge is 0.343 e. The molecule has 2 aromatic heterocycles. The van der Waals surface area contributed by atoms with Crippen molar-refractivity contribution in [2.75, 3.05) is 0 Å². The first-order chi connectivity index (χ1) is 8.04. The van der Waals surface area contributed by atoms with Crippen molar-refractivity contribution in [3.05, 3.63) is 36.2 Å². The Morgan fingerprint density at radius 2 is 2.24 bits per heavy atom. The van der Waals surface area contributed by atoms with Gasteiger partial charge in [0.1, 0.15) is 0 Å². The van der Waals surface area contributed by atoms with Gasteiger partial charge in [-0.2, -0.15) is 4.98 Å². The van der Waals surface area contributed by atoms with Gasteiger partial charge in [0.15, 0.2) is 5.82 Å². The summed E-state index contributed by atoms with van der Waals surface area (Å²) in [6, 6.07) is 4.12. The highest BCUT2D eigenvalue weighted by molar-refractivity contribution is 5.08. The van der Waals surface area contributed by atoms with Gasteiger partial charge < -0.3 is 14.4 Å². The van der Waals surface area contributed by atoms with E-state index in [1.165, 1.54) is 12.1 Å². The van der Waals surface area contributed by atoms with Gasteiger partial charge in [-0.15, -0.1) is 0 Å². The molecule has 0 aliphatic carbocycles. The van der Waals surface area contributed by atoms with Gasteiger partial charge in [-0.25, -0.2) is 0 Å². The zero-order valence-electron chi connectivity index (χ0n) is 10.5. The highest BCUT2D eigenvalue weighted by atomic mass is 16.5. The molecule has 17 heavy (non-hydrogen) atoms. The average Bonchev–Trinajstić information content (AvgIpc) is 2.86. The second-order valence-electron chi connectivity index (χ2n) is 5.08. The molecule has 0 amide bonds. The maximum absolute atomic E-state index is 4.73. The molecule has 2 aromatic rings. The summed E-state index contributed by atoms with van der Waals surface area (Å²) in [4.78, 5) is 4.02. The molecule has 0 atom stereocenters. The zero-order chi connectivity index (χ0) is 12.3. The van der Waals surface area contributed by atoms with Gasteiger partial charge in [-0.1, -0.05) is 5.16 Å². The molecular weight excluding hydrogens is 216 g/mol. The Morgan fingerprint density at radius 1 is 1.41 bits per heavy atom. The number of aromatic nitrogens is 3. The highest BCUT2D eigenvalue weighted by Crippen LogP contribution is 2.07. The third-order valence-corrected chi connectivity index (χ3v) is 2.44. The Bertz CT molecular complexity index is 453. The van der Waals surface area contributed by atoms with Crippen LogP contribution in [-0.4, -0.2) is 20.2 Å². The van der Waals surface area contributed by atoms with E-state index in [9.17, 15) is 0 Å². The van der Waals surface area contributed by atoms with Crippen LogP contribution in [0.1, 0.15) is 32.3 Å². The van der Waals surface area contributed by atoms with Gasteiger partial charge in [-0.05, 0) is 32.9 Å². The predicted molar refractivity (Wildman–Crippen MR) is 64.4 cm³/mol. The molecular formula is C12H18N4O. The van der Waals surface area contributed by atoms with Crippen LogP contribution in [-0.2, 0) is 13.1 Å². The van der Waals surface area contributed by atoms with Crippen molar-refractivity contribution in [2.24, 2.45) is 0 Å². The number of hydrogen-bond acceptors (Lipinski definition) is 4. The van der Waals surface area contributed by atoms with Crippen molar-refractivity contribution in [1.29, 1.82) is 0 Å². The third kappa shape index (κ3) is 3.42. The molecule has 0 bridgehead atoms. The minimum atomic E-state index is 0.112. The molecule has 5 heteroatoms. The first-order valence-corrected chi connectivity index (χ1v) is 5.69. The van der Waals surface area contributed by atoms with Gasteiger partial charge in [0, 0.05) is 24.0 Å². The molecule has 2 rings (SSSR count). The summed E-state index contributed by atoms with van der Waals surface area (Å²) in [7, 11) is 0. The van der Waals surface area contributed by atoms with Gasteiger partial charge in [0.25, 0.3) is 0 Å². The summed E-state index contributed by atoms with van der Waals surface area (Å²) in [6.07, 6.45) is 3.38. The lowest BCUT2D eigenvalue weighted by molar-refractivity contribution is 0.404. The minimum absolute atomic E-state index is 0.112.